The van der Waals surface area contributed by atoms with Gasteiger partial charge in [-0.15, -0.1) is 0 Å². The Morgan fingerprint density at radius 1 is 0.415 bits per heavy atom. The SMILES string of the molecule is CCCCCCCCC(CCCCCC)C(=O)OCCCCCCCC(CCCCCCCOC(=O)C(CCCCCC)CCCCCCCC)CC(=O)N(C)C(=O)NCCCN(C)C. The Kier molecular flexibility index (Phi) is 45.4. The molecule has 384 valence electrons. The van der Waals surface area contributed by atoms with Gasteiger partial charge >= 0.3 is 18.0 Å². The fourth-order valence-corrected chi connectivity index (χ4v) is 9.00. The second-order valence-electron chi connectivity index (χ2n) is 20.1. The van der Waals surface area contributed by atoms with E-state index in [-0.39, 0.29) is 41.6 Å². The number of rotatable bonds is 48. The van der Waals surface area contributed by atoms with Crippen LogP contribution in [-0.4, -0.2) is 81.1 Å². The minimum absolute atomic E-state index is 0.0222. The number of ether oxygens (including phenoxy) is 2. The first-order valence-electron chi connectivity index (χ1n) is 28.1. The summed E-state index contributed by atoms with van der Waals surface area (Å²) < 4.78 is 11.7. The molecule has 0 heterocycles. The minimum Gasteiger partial charge on any atom is -0.465 e. The molecule has 0 radical (unpaired) electrons. The maximum absolute atomic E-state index is 13.3. The van der Waals surface area contributed by atoms with E-state index in [0.717, 1.165) is 141 Å². The van der Waals surface area contributed by atoms with E-state index in [1.807, 2.05) is 14.1 Å². The molecule has 0 aliphatic rings. The Balaban J connectivity index is 4.87. The van der Waals surface area contributed by atoms with Crippen LogP contribution in [-0.2, 0) is 23.9 Å². The Bertz CT molecular complexity index is 1040. The zero-order valence-corrected chi connectivity index (χ0v) is 44.3. The number of hydrogen-bond acceptors (Lipinski definition) is 7. The Morgan fingerprint density at radius 3 is 1.11 bits per heavy atom. The van der Waals surface area contributed by atoms with Crippen molar-refractivity contribution in [1.82, 2.24) is 15.1 Å². The molecule has 0 bridgehead atoms. The van der Waals surface area contributed by atoms with E-state index in [2.05, 4.69) is 37.9 Å². The standard InChI is InChI=1S/C56H109N3O6/c1-8-12-16-20-26-34-43-51(41-32-18-14-10-3)54(61)64-47-36-28-22-24-30-39-50(49-53(60)59(7)56(63)57-45-38-46-58(5)6)40-31-25-23-29-37-48-65-55(62)52(42-33-19-15-11-4)44-35-27-21-17-13-9-2/h50-52H,8-49H2,1-7H3,(H,57,63). The number of hydrogen-bond donors (Lipinski definition) is 1. The number of urea groups is 1. The largest absolute Gasteiger partial charge is 0.465 e. The van der Waals surface area contributed by atoms with Crippen molar-refractivity contribution in [3.8, 4) is 0 Å². The summed E-state index contributed by atoms with van der Waals surface area (Å²) in [5, 5.41) is 2.91. The van der Waals surface area contributed by atoms with E-state index in [0.29, 0.717) is 26.2 Å². The first-order chi connectivity index (χ1) is 31.6. The fraction of sp³-hybridized carbons (Fsp3) is 0.929. The summed E-state index contributed by atoms with van der Waals surface area (Å²) in [5.41, 5.74) is 0. The number of esters is 2. The molecule has 0 aromatic heterocycles. The lowest BCUT2D eigenvalue weighted by Gasteiger charge is -2.21. The molecule has 0 saturated heterocycles. The van der Waals surface area contributed by atoms with Gasteiger partial charge in [-0.3, -0.25) is 19.3 Å². The van der Waals surface area contributed by atoms with Crippen molar-refractivity contribution in [1.29, 1.82) is 0 Å². The quantitative estimate of drug-likeness (QED) is 0.0479. The summed E-state index contributed by atoms with van der Waals surface area (Å²) in [5.74, 6) is 0.290. The third-order valence-corrected chi connectivity index (χ3v) is 13.5. The van der Waals surface area contributed by atoms with Gasteiger partial charge in [-0.25, -0.2) is 4.79 Å². The minimum atomic E-state index is -0.315. The lowest BCUT2D eigenvalue weighted by molar-refractivity contribution is -0.150. The van der Waals surface area contributed by atoms with Crippen LogP contribution in [0.4, 0.5) is 4.79 Å². The van der Waals surface area contributed by atoms with Gasteiger partial charge in [0.15, 0.2) is 0 Å². The highest BCUT2D eigenvalue weighted by atomic mass is 16.5. The average molecular weight is 921 g/mol. The van der Waals surface area contributed by atoms with Crippen LogP contribution in [0.1, 0.15) is 272 Å². The number of amides is 3. The van der Waals surface area contributed by atoms with Crippen molar-refractivity contribution in [2.45, 2.75) is 272 Å². The summed E-state index contributed by atoms with van der Waals surface area (Å²) in [6.45, 7) is 11.4. The van der Waals surface area contributed by atoms with Gasteiger partial charge in [0.1, 0.15) is 0 Å². The molecular weight excluding hydrogens is 811 g/mol. The molecule has 0 aromatic carbocycles. The molecule has 3 amide bonds. The van der Waals surface area contributed by atoms with Crippen LogP contribution in [0.5, 0.6) is 0 Å². The molecule has 2 atom stereocenters. The summed E-state index contributed by atoms with van der Waals surface area (Å²) >= 11 is 0. The molecule has 0 aliphatic heterocycles. The van der Waals surface area contributed by atoms with Crippen LogP contribution in [0.2, 0.25) is 0 Å². The van der Waals surface area contributed by atoms with Gasteiger partial charge < -0.3 is 19.7 Å². The van der Waals surface area contributed by atoms with Gasteiger partial charge in [0, 0.05) is 20.0 Å². The molecule has 9 nitrogen and oxygen atoms in total. The van der Waals surface area contributed by atoms with Crippen molar-refractivity contribution in [3.63, 3.8) is 0 Å². The molecule has 0 spiro atoms. The molecule has 9 heteroatoms. The van der Waals surface area contributed by atoms with Crippen LogP contribution in [0.15, 0.2) is 0 Å². The highest BCUT2D eigenvalue weighted by Crippen LogP contribution is 2.25. The average Bonchev–Trinajstić information content (AvgIpc) is 3.29. The van der Waals surface area contributed by atoms with E-state index in [1.54, 1.807) is 7.05 Å². The maximum Gasteiger partial charge on any atom is 0.323 e. The summed E-state index contributed by atoms with van der Waals surface area (Å²) in [6.07, 6.45) is 41.9. The Hall–Kier alpha value is -2.16. The van der Waals surface area contributed by atoms with Crippen molar-refractivity contribution >= 4 is 23.9 Å². The van der Waals surface area contributed by atoms with E-state index < -0.39 is 0 Å². The van der Waals surface area contributed by atoms with Crippen molar-refractivity contribution < 1.29 is 28.7 Å². The van der Waals surface area contributed by atoms with Gasteiger partial charge in [-0.1, -0.05) is 207 Å². The fourth-order valence-electron chi connectivity index (χ4n) is 9.00. The van der Waals surface area contributed by atoms with E-state index >= 15 is 0 Å². The third-order valence-electron chi connectivity index (χ3n) is 13.5. The monoisotopic (exact) mass is 920 g/mol. The van der Waals surface area contributed by atoms with Crippen molar-refractivity contribution in [2.24, 2.45) is 17.8 Å². The Morgan fingerprint density at radius 2 is 0.738 bits per heavy atom. The molecule has 0 saturated carbocycles. The van der Waals surface area contributed by atoms with Crippen molar-refractivity contribution in [2.75, 3.05) is 47.4 Å². The molecule has 0 fully saturated rings. The van der Waals surface area contributed by atoms with Crippen molar-refractivity contribution in [3.05, 3.63) is 0 Å². The number of carbonyl (C=O) groups is 4. The molecule has 0 aliphatic carbocycles. The Labute approximate surface area is 403 Å². The first-order valence-corrected chi connectivity index (χ1v) is 28.1. The van der Waals surface area contributed by atoms with E-state index in [1.165, 1.54) is 108 Å². The molecule has 0 rings (SSSR count). The second-order valence-corrected chi connectivity index (χ2v) is 20.1. The number of imide groups is 1. The maximum atomic E-state index is 13.3. The molecule has 65 heavy (non-hydrogen) atoms. The lowest BCUT2D eigenvalue weighted by atomic mass is 9.91. The normalized spacial score (nSPS) is 12.9. The lowest BCUT2D eigenvalue weighted by Crippen LogP contribution is -2.42. The zero-order chi connectivity index (χ0) is 48.0. The highest BCUT2D eigenvalue weighted by Gasteiger charge is 2.22. The van der Waals surface area contributed by atoms with Gasteiger partial charge in [0.05, 0.1) is 25.0 Å². The van der Waals surface area contributed by atoms with Gasteiger partial charge in [-0.2, -0.15) is 0 Å². The zero-order valence-electron chi connectivity index (χ0n) is 44.3. The molecule has 1 N–H and O–H groups in total. The topological polar surface area (TPSA) is 105 Å². The number of nitrogens with one attached hydrogen (secondary N) is 1. The second kappa shape index (κ2) is 46.9. The molecule has 0 aromatic rings. The predicted octanol–water partition coefficient (Wildman–Crippen LogP) is 15.6. The summed E-state index contributed by atoms with van der Waals surface area (Å²) in [7, 11) is 5.63. The van der Waals surface area contributed by atoms with Crippen LogP contribution in [0.25, 0.3) is 0 Å². The summed E-state index contributed by atoms with van der Waals surface area (Å²) in [6, 6.07) is -0.315. The molecule has 2 unspecified atom stereocenters. The van der Waals surface area contributed by atoms with Crippen LogP contribution >= 0.6 is 0 Å². The molecular formula is C56H109N3O6. The van der Waals surface area contributed by atoms with E-state index in [9.17, 15) is 19.2 Å². The highest BCUT2D eigenvalue weighted by molar-refractivity contribution is 5.94. The van der Waals surface area contributed by atoms with Crippen LogP contribution < -0.4 is 5.32 Å². The number of carbonyl (C=O) groups excluding carboxylic acids is 4. The third kappa shape index (κ3) is 39.5. The summed E-state index contributed by atoms with van der Waals surface area (Å²) in [4.78, 5) is 55.6. The van der Waals surface area contributed by atoms with Gasteiger partial charge in [-0.05, 0) is 84.3 Å². The first kappa shape index (κ1) is 62.8. The number of unbranched alkanes of at least 4 members (excludes halogenated alkanes) is 24. The smallest absolute Gasteiger partial charge is 0.323 e. The predicted molar refractivity (Wildman–Crippen MR) is 275 cm³/mol. The van der Waals surface area contributed by atoms with Crippen LogP contribution in [0, 0.1) is 17.8 Å². The van der Waals surface area contributed by atoms with Gasteiger partial charge in [0.2, 0.25) is 5.91 Å². The number of nitrogens with zero attached hydrogens (tertiary/aromatic N) is 2. The van der Waals surface area contributed by atoms with E-state index in [4.69, 9.17) is 9.47 Å². The van der Waals surface area contributed by atoms with Crippen LogP contribution in [0.3, 0.4) is 0 Å². The van der Waals surface area contributed by atoms with Gasteiger partial charge in [0.25, 0.3) is 0 Å².